The van der Waals surface area contributed by atoms with E-state index in [1.54, 1.807) is 30.3 Å². The van der Waals surface area contributed by atoms with Crippen molar-refractivity contribution in [2.45, 2.75) is 17.9 Å². The second kappa shape index (κ2) is 6.24. The number of hydrogen-bond acceptors (Lipinski definition) is 4. The van der Waals surface area contributed by atoms with Crippen molar-refractivity contribution in [3.8, 4) is 0 Å². The number of nitrogens with zero attached hydrogens (tertiary/aromatic N) is 1. The van der Waals surface area contributed by atoms with Gasteiger partial charge >= 0.3 is 0 Å². The zero-order valence-electron chi connectivity index (χ0n) is 13.1. The third-order valence-corrected chi connectivity index (χ3v) is 5.04. The Morgan fingerprint density at radius 3 is 2.54 bits per heavy atom. The van der Waals surface area contributed by atoms with E-state index in [1.165, 1.54) is 18.4 Å². The molecule has 0 spiro atoms. The first-order valence-electron chi connectivity index (χ1n) is 7.46. The molecule has 0 radical (unpaired) electrons. The SMILES string of the molecule is CS(=O)(=O)c1ccc(CN2CCC(=O)Nc3cc(F)ccc32)cc1. The zero-order valence-corrected chi connectivity index (χ0v) is 13.9. The van der Waals surface area contributed by atoms with Gasteiger partial charge in [-0.15, -0.1) is 0 Å². The Labute approximate surface area is 140 Å². The Kier molecular flexibility index (Phi) is 4.28. The van der Waals surface area contributed by atoms with Crippen LogP contribution < -0.4 is 10.2 Å². The van der Waals surface area contributed by atoms with E-state index in [-0.39, 0.29) is 10.8 Å². The van der Waals surface area contributed by atoms with Crippen LogP contribution in [0.2, 0.25) is 0 Å². The summed E-state index contributed by atoms with van der Waals surface area (Å²) >= 11 is 0. The maximum Gasteiger partial charge on any atom is 0.226 e. The molecule has 0 saturated heterocycles. The molecule has 0 aliphatic carbocycles. The molecule has 24 heavy (non-hydrogen) atoms. The number of halogens is 1. The molecule has 0 aromatic heterocycles. The molecule has 0 atom stereocenters. The molecule has 7 heteroatoms. The van der Waals surface area contributed by atoms with Gasteiger partial charge in [0.05, 0.1) is 16.3 Å². The van der Waals surface area contributed by atoms with Crippen molar-refractivity contribution >= 4 is 27.1 Å². The van der Waals surface area contributed by atoms with Gasteiger partial charge in [-0.05, 0) is 35.9 Å². The van der Waals surface area contributed by atoms with Crippen LogP contribution in [0.5, 0.6) is 0 Å². The number of sulfone groups is 1. The monoisotopic (exact) mass is 348 g/mol. The van der Waals surface area contributed by atoms with Crippen LogP contribution in [0.4, 0.5) is 15.8 Å². The minimum atomic E-state index is -3.23. The summed E-state index contributed by atoms with van der Waals surface area (Å²) in [5, 5.41) is 2.71. The second-order valence-electron chi connectivity index (χ2n) is 5.80. The minimum Gasteiger partial charge on any atom is -0.365 e. The first-order chi connectivity index (χ1) is 11.3. The van der Waals surface area contributed by atoms with Crippen LogP contribution in [0.25, 0.3) is 0 Å². The van der Waals surface area contributed by atoms with Gasteiger partial charge in [-0.3, -0.25) is 4.79 Å². The first-order valence-corrected chi connectivity index (χ1v) is 9.35. The highest BCUT2D eigenvalue weighted by atomic mass is 32.2. The summed E-state index contributed by atoms with van der Waals surface area (Å²) in [4.78, 5) is 14.0. The van der Waals surface area contributed by atoms with Gasteiger partial charge in [0, 0.05) is 25.8 Å². The van der Waals surface area contributed by atoms with Gasteiger partial charge in [-0.2, -0.15) is 0 Å². The van der Waals surface area contributed by atoms with Crippen molar-refractivity contribution in [2.24, 2.45) is 0 Å². The average Bonchev–Trinajstić information content (AvgIpc) is 2.65. The molecule has 126 valence electrons. The Bertz CT molecular complexity index is 879. The summed E-state index contributed by atoms with van der Waals surface area (Å²) in [6.45, 7) is 0.996. The van der Waals surface area contributed by atoms with Gasteiger partial charge in [-0.25, -0.2) is 12.8 Å². The number of nitrogens with one attached hydrogen (secondary N) is 1. The molecule has 1 heterocycles. The molecule has 1 amide bonds. The van der Waals surface area contributed by atoms with Crippen LogP contribution in [-0.2, 0) is 21.2 Å². The van der Waals surface area contributed by atoms with Gasteiger partial charge in [0.2, 0.25) is 5.91 Å². The van der Waals surface area contributed by atoms with Gasteiger partial charge in [0.25, 0.3) is 0 Å². The molecule has 0 bridgehead atoms. The first kappa shape index (κ1) is 16.4. The maximum absolute atomic E-state index is 13.4. The van der Waals surface area contributed by atoms with Gasteiger partial charge in [0.1, 0.15) is 5.82 Å². The topological polar surface area (TPSA) is 66.5 Å². The van der Waals surface area contributed by atoms with E-state index in [2.05, 4.69) is 5.32 Å². The van der Waals surface area contributed by atoms with E-state index in [0.717, 1.165) is 11.3 Å². The Balaban J connectivity index is 1.88. The number of benzene rings is 2. The number of amides is 1. The predicted molar refractivity (Wildman–Crippen MR) is 90.2 cm³/mol. The van der Waals surface area contributed by atoms with Crippen LogP contribution >= 0.6 is 0 Å². The number of anilines is 2. The number of rotatable bonds is 3. The lowest BCUT2D eigenvalue weighted by molar-refractivity contribution is -0.115. The summed E-state index contributed by atoms with van der Waals surface area (Å²) in [5.74, 6) is -0.565. The predicted octanol–water partition coefficient (Wildman–Crippen LogP) is 2.58. The normalized spacial score (nSPS) is 14.8. The van der Waals surface area contributed by atoms with Crippen LogP contribution in [0.3, 0.4) is 0 Å². The summed E-state index contributed by atoms with van der Waals surface area (Å²) in [7, 11) is -3.23. The van der Waals surface area contributed by atoms with Crippen LogP contribution in [0.15, 0.2) is 47.4 Å². The molecular weight excluding hydrogens is 331 g/mol. The molecule has 2 aromatic rings. The van der Waals surface area contributed by atoms with E-state index < -0.39 is 15.7 Å². The summed E-state index contributed by atoms with van der Waals surface area (Å²) in [6.07, 6.45) is 1.47. The lowest BCUT2D eigenvalue weighted by Gasteiger charge is -2.24. The molecule has 3 rings (SSSR count). The second-order valence-corrected chi connectivity index (χ2v) is 7.81. The molecule has 0 unspecified atom stereocenters. The quantitative estimate of drug-likeness (QED) is 0.926. The number of carbonyl (C=O) groups is 1. The van der Waals surface area contributed by atoms with E-state index in [0.29, 0.717) is 25.2 Å². The molecule has 5 nitrogen and oxygen atoms in total. The molecular formula is C17H17FN2O3S. The van der Waals surface area contributed by atoms with E-state index in [9.17, 15) is 17.6 Å². The highest BCUT2D eigenvalue weighted by Gasteiger charge is 2.20. The van der Waals surface area contributed by atoms with Crippen LogP contribution in [-0.4, -0.2) is 27.1 Å². The number of hydrogen-bond donors (Lipinski definition) is 1. The summed E-state index contributed by atoms with van der Waals surface area (Å²) < 4.78 is 36.5. The van der Waals surface area contributed by atoms with Crippen molar-refractivity contribution in [1.29, 1.82) is 0 Å². The van der Waals surface area contributed by atoms with Crippen molar-refractivity contribution in [2.75, 3.05) is 23.0 Å². The van der Waals surface area contributed by atoms with Crippen LogP contribution in [0, 0.1) is 5.82 Å². The highest BCUT2D eigenvalue weighted by Crippen LogP contribution is 2.30. The zero-order chi connectivity index (χ0) is 17.3. The largest absolute Gasteiger partial charge is 0.365 e. The van der Waals surface area contributed by atoms with Crippen molar-refractivity contribution in [3.05, 3.63) is 53.8 Å². The fraction of sp³-hybridized carbons (Fsp3) is 0.235. The van der Waals surface area contributed by atoms with Crippen molar-refractivity contribution in [1.82, 2.24) is 0 Å². The molecule has 0 fully saturated rings. The van der Waals surface area contributed by atoms with Gasteiger partial charge in [0.15, 0.2) is 9.84 Å². The third-order valence-electron chi connectivity index (χ3n) is 3.91. The van der Waals surface area contributed by atoms with Crippen LogP contribution in [0.1, 0.15) is 12.0 Å². The molecule has 1 aliphatic rings. The lowest BCUT2D eigenvalue weighted by atomic mass is 10.2. The molecule has 1 N–H and O–H groups in total. The van der Waals surface area contributed by atoms with E-state index in [1.807, 2.05) is 4.90 Å². The fourth-order valence-corrected chi connectivity index (χ4v) is 3.31. The smallest absolute Gasteiger partial charge is 0.226 e. The lowest BCUT2D eigenvalue weighted by Crippen LogP contribution is -2.24. The van der Waals surface area contributed by atoms with E-state index >= 15 is 0 Å². The van der Waals surface area contributed by atoms with E-state index in [4.69, 9.17) is 0 Å². The van der Waals surface area contributed by atoms with Crippen molar-refractivity contribution in [3.63, 3.8) is 0 Å². The number of carbonyl (C=O) groups excluding carboxylic acids is 1. The van der Waals surface area contributed by atoms with Gasteiger partial charge in [-0.1, -0.05) is 12.1 Å². The Morgan fingerprint density at radius 2 is 1.88 bits per heavy atom. The molecule has 2 aromatic carbocycles. The average molecular weight is 348 g/mol. The molecule has 1 aliphatic heterocycles. The fourth-order valence-electron chi connectivity index (χ4n) is 2.68. The maximum atomic E-state index is 13.4. The minimum absolute atomic E-state index is 0.156. The summed E-state index contributed by atoms with van der Waals surface area (Å²) in [5.41, 5.74) is 2.10. The standard InChI is InChI=1S/C17H17FN2O3S/c1-24(22,23)14-5-2-12(3-6-14)11-20-9-8-17(21)19-15-10-13(18)4-7-16(15)20/h2-7,10H,8-9,11H2,1H3,(H,19,21). The molecule has 0 saturated carbocycles. The van der Waals surface area contributed by atoms with Crippen molar-refractivity contribution < 1.29 is 17.6 Å². The summed E-state index contributed by atoms with van der Waals surface area (Å²) in [6, 6.07) is 10.9. The number of fused-ring (bicyclic) bond motifs is 1. The highest BCUT2D eigenvalue weighted by molar-refractivity contribution is 7.90. The Hall–Kier alpha value is -2.41. The third kappa shape index (κ3) is 3.56. The Morgan fingerprint density at radius 1 is 1.17 bits per heavy atom. The van der Waals surface area contributed by atoms with Gasteiger partial charge < -0.3 is 10.2 Å².